The Balaban J connectivity index is 2.39. The number of nitrogens with zero attached hydrogens (tertiary/aromatic N) is 2. The summed E-state index contributed by atoms with van der Waals surface area (Å²) in [5.41, 5.74) is -0.111. The number of halogens is 1. The number of nitriles is 1. The van der Waals surface area contributed by atoms with E-state index in [1.54, 1.807) is 6.07 Å². The smallest absolute Gasteiger partial charge is 0.337 e. The maximum atomic E-state index is 12.2. The molecular formula is C13H8ClN3O4S. The molecule has 0 unspecified atom stereocenters. The molecule has 7 nitrogen and oxygen atoms in total. The number of rotatable bonds is 4. The summed E-state index contributed by atoms with van der Waals surface area (Å²) in [4.78, 5) is 14.4. The third kappa shape index (κ3) is 3.33. The number of anilines is 1. The van der Waals surface area contributed by atoms with E-state index in [2.05, 4.69) is 9.71 Å². The molecule has 2 aromatic rings. The average Bonchev–Trinajstić information content (AvgIpc) is 2.48. The molecule has 9 heteroatoms. The van der Waals surface area contributed by atoms with E-state index < -0.39 is 16.0 Å². The first-order chi connectivity index (χ1) is 10.3. The summed E-state index contributed by atoms with van der Waals surface area (Å²) >= 11 is 5.71. The van der Waals surface area contributed by atoms with E-state index in [0.29, 0.717) is 0 Å². The van der Waals surface area contributed by atoms with Crippen LogP contribution in [0.4, 0.5) is 5.69 Å². The molecule has 0 saturated heterocycles. The van der Waals surface area contributed by atoms with Crippen LogP contribution in [-0.4, -0.2) is 24.5 Å². The monoisotopic (exact) mass is 337 g/mol. The van der Waals surface area contributed by atoms with Gasteiger partial charge in [0, 0.05) is 18.1 Å². The van der Waals surface area contributed by atoms with Crippen LogP contribution in [0.5, 0.6) is 0 Å². The Kier molecular flexibility index (Phi) is 4.30. The minimum Gasteiger partial charge on any atom is -0.478 e. The number of carbonyl (C=O) groups is 1. The molecular weight excluding hydrogens is 330 g/mol. The van der Waals surface area contributed by atoms with Gasteiger partial charge in [0.25, 0.3) is 10.0 Å². The van der Waals surface area contributed by atoms with Crippen LogP contribution in [0.25, 0.3) is 0 Å². The lowest BCUT2D eigenvalue weighted by Crippen LogP contribution is -2.14. The van der Waals surface area contributed by atoms with Crippen molar-refractivity contribution < 1.29 is 18.3 Å². The van der Waals surface area contributed by atoms with Crippen molar-refractivity contribution in [2.24, 2.45) is 0 Å². The number of aromatic carboxylic acids is 1. The molecule has 0 saturated carbocycles. The van der Waals surface area contributed by atoms with Crippen LogP contribution in [0.3, 0.4) is 0 Å². The Hall–Kier alpha value is -2.63. The van der Waals surface area contributed by atoms with Crippen molar-refractivity contribution in [2.45, 2.75) is 4.90 Å². The van der Waals surface area contributed by atoms with Gasteiger partial charge in [-0.2, -0.15) is 5.26 Å². The third-order valence-electron chi connectivity index (χ3n) is 2.60. The van der Waals surface area contributed by atoms with Crippen LogP contribution < -0.4 is 4.72 Å². The Morgan fingerprint density at radius 1 is 1.32 bits per heavy atom. The van der Waals surface area contributed by atoms with E-state index in [-0.39, 0.29) is 26.7 Å². The first kappa shape index (κ1) is 15.8. The highest BCUT2D eigenvalue weighted by molar-refractivity contribution is 7.92. The Morgan fingerprint density at radius 2 is 2.05 bits per heavy atom. The van der Waals surface area contributed by atoms with Gasteiger partial charge < -0.3 is 5.11 Å². The second kappa shape index (κ2) is 6.01. The van der Waals surface area contributed by atoms with Gasteiger partial charge in [0.2, 0.25) is 0 Å². The maximum Gasteiger partial charge on any atom is 0.337 e. The molecule has 2 rings (SSSR count). The minimum absolute atomic E-state index is 0.0106. The zero-order valence-corrected chi connectivity index (χ0v) is 12.4. The predicted octanol–water partition coefficient (Wildman–Crippen LogP) is 2.11. The molecule has 22 heavy (non-hydrogen) atoms. The van der Waals surface area contributed by atoms with Crippen LogP contribution in [0.15, 0.2) is 41.6 Å². The molecule has 112 valence electrons. The molecule has 0 aliphatic heterocycles. The van der Waals surface area contributed by atoms with Crippen molar-refractivity contribution in [2.75, 3.05) is 4.72 Å². The van der Waals surface area contributed by atoms with E-state index in [4.69, 9.17) is 22.0 Å². The highest BCUT2D eigenvalue weighted by Crippen LogP contribution is 2.23. The fourth-order valence-corrected chi connectivity index (χ4v) is 2.83. The zero-order chi connectivity index (χ0) is 16.3. The number of pyridine rings is 1. The van der Waals surface area contributed by atoms with Gasteiger partial charge in [-0.05, 0) is 24.3 Å². The van der Waals surface area contributed by atoms with Gasteiger partial charge in [-0.1, -0.05) is 11.6 Å². The minimum atomic E-state index is -4.00. The predicted molar refractivity (Wildman–Crippen MR) is 78.2 cm³/mol. The molecule has 0 fully saturated rings. The first-order valence-corrected chi connectivity index (χ1v) is 7.60. The third-order valence-corrected chi connectivity index (χ3v) is 4.28. The topological polar surface area (TPSA) is 120 Å². The summed E-state index contributed by atoms with van der Waals surface area (Å²) in [5, 5.41) is 17.7. The highest BCUT2D eigenvalue weighted by atomic mass is 35.5. The first-order valence-electron chi connectivity index (χ1n) is 5.74. The van der Waals surface area contributed by atoms with Gasteiger partial charge in [-0.25, -0.2) is 13.2 Å². The zero-order valence-electron chi connectivity index (χ0n) is 10.8. The lowest BCUT2D eigenvalue weighted by atomic mass is 10.2. The number of aromatic nitrogens is 1. The number of sulfonamides is 1. The fourth-order valence-electron chi connectivity index (χ4n) is 1.59. The molecule has 0 atom stereocenters. The molecule has 0 aliphatic carbocycles. The van der Waals surface area contributed by atoms with Crippen molar-refractivity contribution in [1.29, 1.82) is 5.26 Å². The summed E-state index contributed by atoms with van der Waals surface area (Å²) in [6.45, 7) is 0. The van der Waals surface area contributed by atoms with Crippen LogP contribution in [-0.2, 0) is 10.0 Å². The summed E-state index contributed by atoms with van der Waals surface area (Å²) in [6, 6.07) is 6.64. The van der Waals surface area contributed by atoms with Crippen LogP contribution >= 0.6 is 11.6 Å². The van der Waals surface area contributed by atoms with E-state index in [1.165, 1.54) is 18.3 Å². The van der Waals surface area contributed by atoms with Crippen LogP contribution in [0.1, 0.15) is 15.9 Å². The Morgan fingerprint density at radius 3 is 2.68 bits per heavy atom. The summed E-state index contributed by atoms with van der Waals surface area (Å²) < 4.78 is 26.6. The Bertz CT molecular complexity index is 890. The van der Waals surface area contributed by atoms with Gasteiger partial charge in [0.05, 0.1) is 16.1 Å². The molecule has 2 N–H and O–H groups in total. The highest BCUT2D eigenvalue weighted by Gasteiger charge is 2.17. The van der Waals surface area contributed by atoms with E-state index in [9.17, 15) is 13.2 Å². The second-order valence-electron chi connectivity index (χ2n) is 4.13. The number of hydrogen-bond donors (Lipinski definition) is 2. The summed E-state index contributed by atoms with van der Waals surface area (Å²) in [5.74, 6) is -1.28. The SMILES string of the molecule is N#Cc1cncc(S(=O)(=O)Nc2ccc(Cl)c(C(=O)O)c2)c1. The van der Waals surface area contributed by atoms with E-state index >= 15 is 0 Å². The lowest BCUT2D eigenvalue weighted by Gasteiger charge is -2.09. The number of hydrogen-bond acceptors (Lipinski definition) is 5. The van der Waals surface area contributed by atoms with Crippen molar-refractivity contribution in [3.63, 3.8) is 0 Å². The van der Waals surface area contributed by atoms with E-state index in [1.807, 2.05) is 0 Å². The molecule has 0 aliphatic rings. The van der Waals surface area contributed by atoms with Crippen LogP contribution in [0.2, 0.25) is 5.02 Å². The number of benzene rings is 1. The number of nitrogens with one attached hydrogen (secondary N) is 1. The molecule has 1 aromatic carbocycles. The van der Waals surface area contributed by atoms with Crippen LogP contribution in [0, 0.1) is 11.3 Å². The normalized spacial score (nSPS) is 10.7. The number of carboxylic acid groups (broad SMARTS) is 1. The van der Waals surface area contributed by atoms with Gasteiger partial charge in [-0.3, -0.25) is 9.71 Å². The Labute approximate surface area is 130 Å². The molecule has 0 bridgehead atoms. The fraction of sp³-hybridized carbons (Fsp3) is 0. The molecule has 0 spiro atoms. The van der Waals surface area contributed by atoms with Gasteiger partial charge in [0.15, 0.2) is 0 Å². The summed E-state index contributed by atoms with van der Waals surface area (Å²) in [7, 11) is -4.00. The average molecular weight is 338 g/mol. The summed E-state index contributed by atoms with van der Waals surface area (Å²) in [6.07, 6.45) is 2.31. The maximum absolute atomic E-state index is 12.2. The molecule has 0 amide bonds. The standard InChI is InChI=1S/C13H8ClN3O4S/c14-12-2-1-9(4-11(12)13(18)19)17-22(20,21)10-3-8(5-15)6-16-7-10/h1-4,6-7,17H,(H,18,19). The van der Waals surface area contributed by atoms with Crippen molar-refractivity contribution in [1.82, 2.24) is 4.98 Å². The van der Waals surface area contributed by atoms with E-state index in [0.717, 1.165) is 18.3 Å². The second-order valence-corrected chi connectivity index (χ2v) is 6.22. The van der Waals surface area contributed by atoms with Gasteiger partial charge >= 0.3 is 5.97 Å². The van der Waals surface area contributed by atoms with Gasteiger partial charge in [-0.15, -0.1) is 0 Å². The number of carboxylic acids is 1. The largest absolute Gasteiger partial charge is 0.478 e. The molecule has 0 radical (unpaired) electrons. The lowest BCUT2D eigenvalue weighted by molar-refractivity contribution is 0.0697. The van der Waals surface area contributed by atoms with Gasteiger partial charge in [0.1, 0.15) is 11.0 Å². The molecule has 1 heterocycles. The molecule has 1 aromatic heterocycles. The van der Waals surface area contributed by atoms with Crippen molar-refractivity contribution in [3.8, 4) is 6.07 Å². The quantitative estimate of drug-likeness (QED) is 0.881. The van der Waals surface area contributed by atoms with Crippen molar-refractivity contribution >= 4 is 33.3 Å². The van der Waals surface area contributed by atoms with Crippen molar-refractivity contribution in [3.05, 3.63) is 52.8 Å².